The van der Waals surface area contributed by atoms with Crippen molar-refractivity contribution >= 4 is 0 Å². The van der Waals surface area contributed by atoms with Crippen molar-refractivity contribution in [2.45, 2.75) is 19.8 Å². The van der Waals surface area contributed by atoms with Crippen LogP contribution in [0.1, 0.15) is 18.9 Å². The van der Waals surface area contributed by atoms with Crippen molar-refractivity contribution in [3.63, 3.8) is 0 Å². The summed E-state index contributed by atoms with van der Waals surface area (Å²) in [6.45, 7) is 3.66. The highest BCUT2D eigenvalue weighted by Gasteiger charge is 2.12. The zero-order valence-corrected chi connectivity index (χ0v) is 7.88. The summed E-state index contributed by atoms with van der Waals surface area (Å²) in [5.41, 5.74) is 1.24. The Morgan fingerprint density at radius 2 is 2.08 bits per heavy atom. The van der Waals surface area contributed by atoms with Crippen LogP contribution in [0.15, 0.2) is 18.2 Å². The number of aryl methyl sites for hydroxylation is 1. The first-order chi connectivity index (χ1) is 6.42. The first kappa shape index (κ1) is 8.42. The van der Waals surface area contributed by atoms with E-state index in [4.69, 9.17) is 9.47 Å². The second kappa shape index (κ2) is 3.69. The molecule has 2 nitrogen and oxygen atoms in total. The molecule has 0 saturated heterocycles. The number of fused-ring (bicyclic) bond motifs is 1. The van der Waals surface area contributed by atoms with Crippen molar-refractivity contribution in [3.8, 4) is 11.5 Å². The molecule has 1 aliphatic rings. The Bertz CT molecular complexity index is 294. The minimum Gasteiger partial charge on any atom is -0.490 e. The summed E-state index contributed by atoms with van der Waals surface area (Å²) in [5, 5.41) is 0. The Labute approximate surface area is 78.5 Å². The van der Waals surface area contributed by atoms with Gasteiger partial charge >= 0.3 is 0 Å². The van der Waals surface area contributed by atoms with Crippen molar-refractivity contribution in [1.29, 1.82) is 0 Å². The van der Waals surface area contributed by atoms with Crippen LogP contribution in [0.3, 0.4) is 0 Å². The molecule has 1 aromatic rings. The Morgan fingerprint density at radius 3 is 2.92 bits per heavy atom. The van der Waals surface area contributed by atoms with Gasteiger partial charge in [-0.2, -0.15) is 0 Å². The predicted molar refractivity (Wildman–Crippen MR) is 51.4 cm³/mol. The second-order valence-corrected chi connectivity index (χ2v) is 3.15. The third-order valence-electron chi connectivity index (χ3n) is 2.23. The van der Waals surface area contributed by atoms with Crippen LogP contribution >= 0.6 is 0 Å². The first-order valence-corrected chi connectivity index (χ1v) is 4.79. The Balaban J connectivity index is 2.40. The molecule has 0 fully saturated rings. The van der Waals surface area contributed by atoms with Crippen LogP contribution in [0.2, 0.25) is 0 Å². The highest BCUT2D eigenvalue weighted by Crippen LogP contribution is 2.33. The highest BCUT2D eigenvalue weighted by molar-refractivity contribution is 5.46. The first-order valence-electron chi connectivity index (χ1n) is 4.79. The lowest BCUT2D eigenvalue weighted by Gasteiger charge is -2.10. The van der Waals surface area contributed by atoms with Gasteiger partial charge in [-0.25, -0.2) is 0 Å². The van der Waals surface area contributed by atoms with Crippen LogP contribution in [0, 0.1) is 0 Å². The van der Waals surface area contributed by atoms with E-state index >= 15 is 0 Å². The van der Waals surface area contributed by atoms with E-state index in [9.17, 15) is 0 Å². The van der Waals surface area contributed by atoms with Crippen LogP contribution in [-0.4, -0.2) is 13.2 Å². The largest absolute Gasteiger partial charge is 0.490 e. The Morgan fingerprint density at radius 1 is 1.23 bits per heavy atom. The molecule has 0 aromatic heterocycles. The molecule has 2 heteroatoms. The van der Waals surface area contributed by atoms with Crippen LogP contribution in [0.5, 0.6) is 11.5 Å². The molecular formula is C11H14O2. The van der Waals surface area contributed by atoms with E-state index in [1.807, 2.05) is 12.1 Å². The van der Waals surface area contributed by atoms with E-state index in [1.54, 1.807) is 0 Å². The fraction of sp³-hybridized carbons (Fsp3) is 0.455. The fourth-order valence-electron chi connectivity index (χ4n) is 1.53. The van der Waals surface area contributed by atoms with Gasteiger partial charge in [-0.3, -0.25) is 0 Å². The van der Waals surface area contributed by atoms with Gasteiger partial charge in [0.1, 0.15) is 0 Å². The van der Waals surface area contributed by atoms with Gasteiger partial charge < -0.3 is 9.47 Å². The van der Waals surface area contributed by atoms with Gasteiger partial charge in [-0.05, 0) is 18.1 Å². The molecule has 0 bridgehead atoms. The standard InChI is InChI=1S/C11H14O2/c1-2-9-5-3-6-10-11(9)13-8-4-7-12-10/h3,5-6H,2,4,7-8H2,1H3. The van der Waals surface area contributed by atoms with E-state index in [1.165, 1.54) is 5.56 Å². The fourth-order valence-corrected chi connectivity index (χ4v) is 1.53. The lowest BCUT2D eigenvalue weighted by atomic mass is 10.1. The van der Waals surface area contributed by atoms with Crippen LogP contribution < -0.4 is 9.47 Å². The van der Waals surface area contributed by atoms with Crippen LogP contribution in [0.4, 0.5) is 0 Å². The van der Waals surface area contributed by atoms with Gasteiger partial charge in [-0.15, -0.1) is 0 Å². The summed E-state index contributed by atoms with van der Waals surface area (Å²) in [4.78, 5) is 0. The van der Waals surface area contributed by atoms with Crippen LogP contribution in [0.25, 0.3) is 0 Å². The zero-order chi connectivity index (χ0) is 9.10. The maximum atomic E-state index is 5.65. The topological polar surface area (TPSA) is 18.5 Å². The smallest absolute Gasteiger partial charge is 0.164 e. The summed E-state index contributed by atoms with van der Waals surface area (Å²) in [6.07, 6.45) is 1.96. The number of rotatable bonds is 1. The van der Waals surface area contributed by atoms with Crippen molar-refractivity contribution in [2.24, 2.45) is 0 Å². The van der Waals surface area contributed by atoms with Crippen molar-refractivity contribution in [2.75, 3.05) is 13.2 Å². The Hall–Kier alpha value is -1.18. The van der Waals surface area contributed by atoms with Crippen molar-refractivity contribution < 1.29 is 9.47 Å². The van der Waals surface area contributed by atoms with Gasteiger partial charge in [0.15, 0.2) is 11.5 Å². The molecule has 0 aliphatic carbocycles. The third kappa shape index (κ3) is 1.62. The second-order valence-electron chi connectivity index (χ2n) is 3.15. The monoisotopic (exact) mass is 178 g/mol. The number of ether oxygens (including phenoxy) is 2. The van der Waals surface area contributed by atoms with Crippen molar-refractivity contribution in [3.05, 3.63) is 23.8 Å². The summed E-state index contributed by atoms with van der Waals surface area (Å²) >= 11 is 0. The normalized spacial score (nSPS) is 15.2. The third-order valence-corrected chi connectivity index (χ3v) is 2.23. The molecule has 2 rings (SSSR count). The minimum absolute atomic E-state index is 0.764. The van der Waals surface area contributed by atoms with Crippen LogP contribution in [-0.2, 0) is 6.42 Å². The molecule has 1 aliphatic heterocycles. The molecule has 0 amide bonds. The molecule has 70 valence electrons. The molecule has 0 radical (unpaired) electrons. The number of hydrogen-bond acceptors (Lipinski definition) is 2. The van der Waals surface area contributed by atoms with Gasteiger partial charge in [0.25, 0.3) is 0 Å². The molecule has 0 atom stereocenters. The molecule has 0 N–H and O–H groups in total. The minimum atomic E-state index is 0.764. The predicted octanol–water partition coefficient (Wildman–Crippen LogP) is 2.41. The molecule has 13 heavy (non-hydrogen) atoms. The molecule has 0 saturated carbocycles. The average Bonchev–Trinajstić information content (AvgIpc) is 2.41. The lowest BCUT2D eigenvalue weighted by molar-refractivity contribution is 0.296. The SMILES string of the molecule is CCc1cccc2c1OCCCO2. The number of para-hydroxylation sites is 1. The number of benzene rings is 1. The summed E-state index contributed by atoms with van der Waals surface area (Å²) in [5.74, 6) is 1.85. The summed E-state index contributed by atoms with van der Waals surface area (Å²) < 4.78 is 11.2. The van der Waals surface area contributed by atoms with Gasteiger partial charge in [0.05, 0.1) is 13.2 Å². The van der Waals surface area contributed by atoms with Gasteiger partial charge in [0, 0.05) is 6.42 Å². The molecular weight excluding hydrogens is 164 g/mol. The van der Waals surface area contributed by atoms with E-state index in [0.29, 0.717) is 0 Å². The van der Waals surface area contributed by atoms with E-state index in [2.05, 4.69) is 13.0 Å². The van der Waals surface area contributed by atoms with E-state index < -0.39 is 0 Å². The quantitative estimate of drug-likeness (QED) is 0.657. The number of hydrogen-bond donors (Lipinski definition) is 0. The maximum absolute atomic E-state index is 5.65. The van der Waals surface area contributed by atoms with Crippen molar-refractivity contribution in [1.82, 2.24) is 0 Å². The average molecular weight is 178 g/mol. The van der Waals surface area contributed by atoms with E-state index in [-0.39, 0.29) is 0 Å². The highest BCUT2D eigenvalue weighted by atomic mass is 16.5. The Kier molecular flexibility index (Phi) is 2.39. The summed E-state index contributed by atoms with van der Waals surface area (Å²) in [7, 11) is 0. The molecule has 0 unspecified atom stereocenters. The summed E-state index contributed by atoms with van der Waals surface area (Å²) in [6, 6.07) is 6.08. The molecule has 1 aromatic carbocycles. The molecule has 0 spiro atoms. The van der Waals surface area contributed by atoms with Gasteiger partial charge in [-0.1, -0.05) is 19.1 Å². The van der Waals surface area contributed by atoms with Gasteiger partial charge in [0.2, 0.25) is 0 Å². The molecule has 1 heterocycles. The lowest BCUT2D eigenvalue weighted by Crippen LogP contribution is -1.98. The maximum Gasteiger partial charge on any atom is 0.164 e. The zero-order valence-electron chi connectivity index (χ0n) is 7.88. The van der Waals surface area contributed by atoms with E-state index in [0.717, 1.165) is 37.6 Å².